The minimum atomic E-state index is -0.00102. The molecule has 0 spiro atoms. The van der Waals surface area contributed by atoms with Crippen LogP contribution < -0.4 is 5.32 Å². The van der Waals surface area contributed by atoms with E-state index in [1.54, 1.807) is 0 Å². The molecular formula is C16H25N3O2. The molecule has 5 heteroatoms. The highest BCUT2D eigenvalue weighted by Gasteiger charge is 2.20. The lowest BCUT2D eigenvalue weighted by molar-refractivity contribution is -0.118. The van der Waals surface area contributed by atoms with Crippen molar-refractivity contribution in [3.05, 3.63) is 28.3 Å². The summed E-state index contributed by atoms with van der Waals surface area (Å²) < 4.78 is 7.35. The predicted molar refractivity (Wildman–Crippen MR) is 81.9 cm³/mol. The van der Waals surface area contributed by atoms with E-state index in [9.17, 15) is 4.79 Å². The number of aryl methyl sites for hydroxylation is 2. The topological polar surface area (TPSA) is 56.2 Å². The van der Waals surface area contributed by atoms with Crippen LogP contribution in [0.1, 0.15) is 43.6 Å². The summed E-state index contributed by atoms with van der Waals surface area (Å²) in [4.78, 5) is 12.3. The van der Waals surface area contributed by atoms with E-state index < -0.39 is 0 Å². The number of nitrogens with zero attached hydrogens (tertiary/aromatic N) is 2. The van der Waals surface area contributed by atoms with Crippen LogP contribution in [0.4, 0.5) is 0 Å². The Kier molecular flexibility index (Phi) is 4.70. The Labute approximate surface area is 126 Å². The van der Waals surface area contributed by atoms with Gasteiger partial charge in [-0.1, -0.05) is 0 Å². The van der Waals surface area contributed by atoms with E-state index >= 15 is 0 Å². The molecule has 1 aliphatic heterocycles. The zero-order valence-electron chi connectivity index (χ0n) is 13.6. The summed E-state index contributed by atoms with van der Waals surface area (Å²) in [7, 11) is 1.95. The average molecular weight is 291 g/mol. The van der Waals surface area contributed by atoms with Crippen molar-refractivity contribution in [3.63, 3.8) is 0 Å². The molecule has 0 fully saturated rings. The van der Waals surface area contributed by atoms with E-state index in [2.05, 4.69) is 17.3 Å². The summed E-state index contributed by atoms with van der Waals surface area (Å²) >= 11 is 0. The van der Waals surface area contributed by atoms with Crippen molar-refractivity contribution in [1.82, 2.24) is 15.1 Å². The van der Waals surface area contributed by atoms with Crippen LogP contribution in [0.2, 0.25) is 0 Å². The first-order valence-electron chi connectivity index (χ1n) is 7.52. The Morgan fingerprint density at radius 2 is 2.14 bits per heavy atom. The van der Waals surface area contributed by atoms with Gasteiger partial charge in [0.15, 0.2) is 0 Å². The molecule has 2 rings (SSSR count). The number of amides is 1. The maximum Gasteiger partial charge on any atom is 0.250 e. The molecule has 1 aromatic rings. The summed E-state index contributed by atoms with van der Waals surface area (Å²) in [5.74, 6) is 0.763. The van der Waals surface area contributed by atoms with Crippen LogP contribution in [0.25, 0.3) is 0 Å². The van der Waals surface area contributed by atoms with Gasteiger partial charge < -0.3 is 10.1 Å². The summed E-state index contributed by atoms with van der Waals surface area (Å²) in [5, 5.41) is 7.50. The normalized spacial score (nSPS) is 16.6. The number of hydrogen-bond acceptors (Lipinski definition) is 3. The van der Waals surface area contributed by atoms with Crippen molar-refractivity contribution in [2.45, 2.75) is 53.0 Å². The highest BCUT2D eigenvalue weighted by atomic mass is 16.5. The first-order chi connectivity index (χ1) is 9.90. The van der Waals surface area contributed by atoms with Crippen LogP contribution in [0, 0.1) is 13.8 Å². The molecule has 5 nitrogen and oxygen atoms in total. The Hall–Kier alpha value is -1.78. The van der Waals surface area contributed by atoms with Gasteiger partial charge in [-0.3, -0.25) is 9.48 Å². The molecule has 2 heterocycles. The van der Waals surface area contributed by atoms with Crippen LogP contribution in [-0.4, -0.2) is 28.3 Å². The van der Waals surface area contributed by atoms with Crippen LogP contribution in [0.5, 0.6) is 0 Å². The number of aromatic nitrogens is 2. The first kappa shape index (κ1) is 15.6. The highest BCUT2D eigenvalue weighted by molar-refractivity contribution is 5.94. The third-order valence-electron chi connectivity index (χ3n) is 4.14. The van der Waals surface area contributed by atoms with Gasteiger partial charge in [-0.15, -0.1) is 0 Å². The van der Waals surface area contributed by atoms with Gasteiger partial charge in [-0.25, -0.2) is 0 Å². The zero-order chi connectivity index (χ0) is 15.6. The lowest BCUT2D eigenvalue weighted by atomic mass is 10.0. The molecule has 0 saturated carbocycles. The van der Waals surface area contributed by atoms with Gasteiger partial charge in [0.25, 0.3) is 5.91 Å². The van der Waals surface area contributed by atoms with E-state index in [4.69, 9.17) is 4.74 Å². The van der Waals surface area contributed by atoms with Crippen LogP contribution in [0.15, 0.2) is 11.3 Å². The lowest BCUT2D eigenvalue weighted by Gasteiger charge is -2.20. The van der Waals surface area contributed by atoms with Crippen LogP contribution in [-0.2, 0) is 23.0 Å². The standard InChI is InChI=1S/C16H25N3O2/c1-10(9-15-11(2)18-19(5)12(15)3)17-16(20)14-7-6-8-21-13(14)4/h10H,6-9H2,1-5H3,(H,17,20). The SMILES string of the molecule is CC1=C(C(=O)NC(C)Cc2c(C)nn(C)c2C)CCCO1. The summed E-state index contributed by atoms with van der Waals surface area (Å²) in [6.07, 6.45) is 2.51. The monoisotopic (exact) mass is 291 g/mol. The summed E-state index contributed by atoms with van der Waals surface area (Å²) in [5.41, 5.74) is 4.20. The molecule has 1 unspecified atom stereocenters. The van der Waals surface area contributed by atoms with Crippen molar-refractivity contribution < 1.29 is 9.53 Å². The molecule has 21 heavy (non-hydrogen) atoms. The maximum absolute atomic E-state index is 12.3. The fourth-order valence-electron chi connectivity index (χ4n) is 2.79. The van der Waals surface area contributed by atoms with E-state index in [-0.39, 0.29) is 11.9 Å². The van der Waals surface area contributed by atoms with Gasteiger partial charge in [-0.05, 0) is 52.5 Å². The third-order valence-corrected chi connectivity index (χ3v) is 4.14. The zero-order valence-corrected chi connectivity index (χ0v) is 13.6. The molecule has 1 atom stereocenters. The number of ether oxygens (including phenoxy) is 1. The van der Waals surface area contributed by atoms with Crippen molar-refractivity contribution in [2.24, 2.45) is 7.05 Å². The van der Waals surface area contributed by atoms with Gasteiger partial charge in [0.1, 0.15) is 5.76 Å². The lowest BCUT2D eigenvalue weighted by Crippen LogP contribution is -2.36. The fourth-order valence-corrected chi connectivity index (χ4v) is 2.79. The van der Waals surface area contributed by atoms with E-state index in [1.165, 1.54) is 5.56 Å². The quantitative estimate of drug-likeness (QED) is 0.925. The van der Waals surface area contributed by atoms with E-state index in [1.807, 2.05) is 32.5 Å². The molecule has 116 valence electrons. The molecule has 0 radical (unpaired) electrons. The molecule has 0 aromatic carbocycles. The van der Waals surface area contributed by atoms with Crippen molar-refractivity contribution in [1.29, 1.82) is 0 Å². The Morgan fingerprint density at radius 1 is 1.43 bits per heavy atom. The molecule has 1 amide bonds. The molecule has 0 aliphatic carbocycles. The smallest absolute Gasteiger partial charge is 0.250 e. The van der Waals surface area contributed by atoms with Gasteiger partial charge in [0, 0.05) is 18.8 Å². The fraction of sp³-hybridized carbons (Fsp3) is 0.625. The van der Waals surface area contributed by atoms with Gasteiger partial charge in [0.2, 0.25) is 0 Å². The average Bonchev–Trinajstić information content (AvgIpc) is 2.65. The number of hydrogen-bond donors (Lipinski definition) is 1. The number of nitrogens with one attached hydrogen (secondary N) is 1. The van der Waals surface area contributed by atoms with Crippen molar-refractivity contribution in [3.8, 4) is 0 Å². The largest absolute Gasteiger partial charge is 0.498 e. The predicted octanol–water partition coefficient (Wildman–Crippen LogP) is 2.17. The van der Waals surface area contributed by atoms with Gasteiger partial charge >= 0.3 is 0 Å². The molecular weight excluding hydrogens is 266 g/mol. The summed E-state index contributed by atoms with van der Waals surface area (Å²) in [6, 6.07) is 0.0707. The Bertz CT molecular complexity index is 572. The highest BCUT2D eigenvalue weighted by Crippen LogP contribution is 2.19. The molecule has 0 saturated heterocycles. The van der Waals surface area contributed by atoms with E-state index in [0.717, 1.165) is 42.0 Å². The number of allylic oxidation sites excluding steroid dienone is 1. The first-order valence-corrected chi connectivity index (χ1v) is 7.52. The number of rotatable bonds is 4. The van der Waals surface area contributed by atoms with Crippen molar-refractivity contribution >= 4 is 5.91 Å². The number of carbonyl (C=O) groups excluding carboxylic acids is 1. The second-order valence-corrected chi connectivity index (χ2v) is 5.84. The maximum atomic E-state index is 12.3. The molecule has 1 aromatic heterocycles. The van der Waals surface area contributed by atoms with Crippen LogP contribution >= 0.6 is 0 Å². The minimum Gasteiger partial charge on any atom is -0.498 e. The second-order valence-electron chi connectivity index (χ2n) is 5.84. The Balaban J connectivity index is 2.01. The van der Waals surface area contributed by atoms with E-state index in [0.29, 0.717) is 6.61 Å². The van der Waals surface area contributed by atoms with Gasteiger partial charge in [0.05, 0.1) is 17.9 Å². The van der Waals surface area contributed by atoms with Gasteiger partial charge in [-0.2, -0.15) is 5.10 Å². The van der Waals surface area contributed by atoms with Crippen molar-refractivity contribution in [2.75, 3.05) is 6.61 Å². The molecule has 1 N–H and O–H groups in total. The summed E-state index contributed by atoms with van der Waals surface area (Å²) in [6.45, 7) is 8.69. The molecule has 0 bridgehead atoms. The third kappa shape index (κ3) is 3.46. The Morgan fingerprint density at radius 3 is 2.71 bits per heavy atom. The number of carbonyl (C=O) groups is 1. The van der Waals surface area contributed by atoms with Crippen LogP contribution in [0.3, 0.4) is 0 Å². The minimum absolute atomic E-state index is 0.00102. The molecule has 1 aliphatic rings. The second kappa shape index (κ2) is 6.33.